The highest BCUT2D eigenvalue weighted by atomic mass is 16.5. The third-order valence-corrected chi connectivity index (χ3v) is 3.90. The van der Waals surface area contributed by atoms with Gasteiger partial charge in [-0.05, 0) is 24.7 Å². The van der Waals surface area contributed by atoms with Crippen molar-refractivity contribution in [2.24, 2.45) is 16.7 Å². The van der Waals surface area contributed by atoms with E-state index in [-0.39, 0.29) is 35.2 Å². The molecule has 0 radical (unpaired) electrons. The van der Waals surface area contributed by atoms with Crippen LogP contribution in [0.1, 0.15) is 41.5 Å². The van der Waals surface area contributed by atoms with Crippen molar-refractivity contribution >= 4 is 5.78 Å². The van der Waals surface area contributed by atoms with Crippen LogP contribution in [0.2, 0.25) is 0 Å². The minimum Gasteiger partial charge on any atom is -0.371 e. The summed E-state index contributed by atoms with van der Waals surface area (Å²) in [5.41, 5.74) is 0.287. The molecule has 2 nitrogen and oxygen atoms in total. The van der Waals surface area contributed by atoms with E-state index >= 15 is 0 Å². The van der Waals surface area contributed by atoms with E-state index in [0.29, 0.717) is 0 Å². The summed E-state index contributed by atoms with van der Waals surface area (Å²) in [6.07, 6.45) is 0.143. The van der Waals surface area contributed by atoms with Gasteiger partial charge in [0.25, 0.3) is 0 Å². The molecule has 1 saturated carbocycles. The Kier molecular flexibility index (Phi) is 2.79. The van der Waals surface area contributed by atoms with Gasteiger partial charge in [0.05, 0.1) is 6.10 Å². The zero-order chi connectivity index (χ0) is 11.1. The van der Waals surface area contributed by atoms with Crippen LogP contribution < -0.4 is 0 Å². The molecule has 0 heterocycles. The molecule has 0 unspecified atom stereocenters. The summed E-state index contributed by atoms with van der Waals surface area (Å²) in [6, 6.07) is 0. The lowest BCUT2D eigenvalue weighted by Gasteiger charge is -2.07. The number of ketones is 1. The smallest absolute Gasteiger partial charge is 0.162 e. The first kappa shape index (κ1) is 11.7. The summed E-state index contributed by atoms with van der Waals surface area (Å²) >= 11 is 0. The van der Waals surface area contributed by atoms with E-state index in [1.54, 1.807) is 0 Å². The summed E-state index contributed by atoms with van der Waals surface area (Å²) in [5.74, 6) is 0.433. The molecule has 0 aromatic rings. The minimum atomic E-state index is 0.143. The number of rotatable bonds is 4. The summed E-state index contributed by atoms with van der Waals surface area (Å²) < 4.78 is 5.34. The normalized spacial score (nSPS) is 23.9. The Labute approximate surface area is 87.0 Å². The molecule has 0 atom stereocenters. The zero-order valence-corrected chi connectivity index (χ0v) is 10.2. The number of hydrogen-bond donors (Lipinski definition) is 0. The molecule has 1 fully saturated rings. The second-order valence-corrected chi connectivity index (χ2v) is 5.70. The van der Waals surface area contributed by atoms with E-state index in [0.717, 1.165) is 0 Å². The van der Waals surface area contributed by atoms with Crippen molar-refractivity contribution < 1.29 is 9.53 Å². The molecule has 0 bridgehead atoms. The quantitative estimate of drug-likeness (QED) is 0.694. The monoisotopic (exact) mass is 198 g/mol. The Bertz CT molecular complexity index is 225. The highest BCUT2D eigenvalue weighted by molar-refractivity contribution is 5.87. The summed E-state index contributed by atoms with van der Waals surface area (Å²) in [6.45, 7) is 12.8. The average molecular weight is 198 g/mol. The van der Waals surface area contributed by atoms with E-state index in [9.17, 15) is 4.79 Å². The fraction of sp³-hybridized carbons (Fsp3) is 0.917. The van der Waals surface area contributed by atoms with Gasteiger partial charge in [-0.15, -0.1) is 0 Å². The van der Waals surface area contributed by atoms with Crippen molar-refractivity contribution in [2.45, 2.75) is 47.6 Å². The molecule has 0 amide bonds. The van der Waals surface area contributed by atoms with Gasteiger partial charge in [0.1, 0.15) is 6.61 Å². The lowest BCUT2D eigenvalue weighted by Crippen LogP contribution is -2.17. The van der Waals surface area contributed by atoms with Crippen LogP contribution in [0, 0.1) is 16.7 Å². The van der Waals surface area contributed by atoms with Crippen LogP contribution in [0.5, 0.6) is 0 Å². The topological polar surface area (TPSA) is 26.3 Å². The maximum Gasteiger partial charge on any atom is 0.162 e. The van der Waals surface area contributed by atoms with Gasteiger partial charge in [-0.1, -0.05) is 27.7 Å². The van der Waals surface area contributed by atoms with Gasteiger partial charge in [0.15, 0.2) is 5.78 Å². The van der Waals surface area contributed by atoms with Gasteiger partial charge in [-0.2, -0.15) is 0 Å². The molecule has 0 aromatic carbocycles. The highest BCUT2D eigenvalue weighted by Gasteiger charge is 2.67. The van der Waals surface area contributed by atoms with Crippen molar-refractivity contribution in [3.05, 3.63) is 0 Å². The Morgan fingerprint density at radius 2 is 1.64 bits per heavy atom. The Hall–Kier alpha value is -0.370. The maximum atomic E-state index is 11.8. The second-order valence-electron chi connectivity index (χ2n) is 5.70. The van der Waals surface area contributed by atoms with Gasteiger partial charge in [0, 0.05) is 5.92 Å². The molecular weight excluding hydrogens is 176 g/mol. The molecule has 1 rings (SSSR count). The average Bonchev–Trinajstić information content (AvgIpc) is 2.39. The van der Waals surface area contributed by atoms with Crippen LogP contribution in [-0.4, -0.2) is 18.5 Å². The highest BCUT2D eigenvalue weighted by Crippen LogP contribution is 2.68. The van der Waals surface area contributed by atoms with E-state index < -0.39 is 0 Å². The summed E-state index contributed by atoms with van der Waals surface area (Å²) in [4.78, 5) is 11.8. The first-order valence-corrected chi connectivity index (χ1v) is 5.35. The molecule has 1 aliphatic carbocycles. The molecule has 0 spiro atoms. The first-order chi connectivity index (χ1) is 6.21. The molecule has 2 heteroatoms. The fourth-order valence-electron chi connectivity index (χ4n) is 2.33. The number of hydrogen-bond acceptors (Lipinski definition) is 2. The van der Waals surface area contributed by atoms with E-state index in [2.05, 4.69) is 27.7 Å². The number of ether oxygens (including phenoxy) is 1. The second kappa shape index (κ2) is 3.34. The van der Waals surface area contributed by atoms with Crippen LogP contribution in [0.25, 0.3) is 0 Å². The minimum absolute atomic E-state index is 0.143. The SMILES string of the molecule is CC(C)OCC(=O)C1C(C)(C)C1(C)C. The molecular formula is C12H22O2. The molecule has 0 aliphatic heterocycles. The van der Waals surface area contributed by atoms with Gasteiger partial charge < -0.3 is 4.74 Å². The third kappa shape index (κ3) is 1.72. The van der Waals surface area contributed by atoms with Gasteiger partial charge >= 0.3 is 0 Å². The number of Topliss-reactive ketones (excluding diaryl/α,β-unsaturated/α-hetero) is 1. The van der Waals surface area contributed by atoms with Gasteiger partial charge in [-0.3, -0.25) is 4.79 Å². The van der Waals surface area contributed by atoms with E-state index in [4.69, 9.17) is 4.74 Å². The Morgan fingerprint density at radius 1 is 1.21 bits per heavy atom. The zero-order valence-electron chi connectivity index (χ0n) is 10.2. The fourth-order valence-corrected chi connectivity index (χ4v) is 2.33. The predicted molar refractivity (Wildman–Crippen MR) is 57.1 cm³/mol. The van der Waals surface area contributed by atoms with Crippen LogP contribution in [0.15, 0.2) is 0 Å². The lowest BCUT2D eigenvalue weighted by molar-refractivity contribution is -0.127. The van der Waals surface area contributed by atoms with Crippen LogP contribution in [-0.2, 0) is 9.53 Å². The van der Waals surface area contributed by atoms with Crippen molar-refractivity contribution in [3.63, 3.8) is 0 Å². The van der Waals surface area contributed by atoms with Crippen LogP contribution in [0.3, 0.4) is 0 Å². The molecule has 82 valence electrons. The predicted octanol–water partition coefficient (Wildman–Crippen LogP) is 2.66. The van der Waals surface area contributed by atoms with Crippen molar-refractivity contribution in [1.82, 2.24) is 0 Å². The molecule has 1 aliphatic rings. The van der Waals surface area contributed by atoms with Crippen LogP contribution >= 0.6 is 0 Å². The number of carbonyl (C=O) groups is 1. The summed E-state index contributed by atoms with van der Waals surface area (Å²) in [5, 5.41) is 0. The maximum absolute atomic E-state index is 11.8. The lowest BCUT2D eigenvalue weighted by atomic mass is 10.0. The van der Waals surface area contributed by atoms with E-state index in [1.165, 1.54) is 0 Å². The molecule has 0 N–H and O–H groups in total. The van der Waals surface area contributed by atoms with Crippen LogP contribution in [0.4, 0.5) is 0 Å². The molecule has 0 saturated heterocycles. The molecule has 0 aromatic heterocycles. The number of carbonyl (C=O) groups excluding carboxylic acids is 1. The first-order valence-electron chi connectivity index (χ1n) is 5.35. The van der Waals surface area contributed by atoms with Crippen molar-refractivity contribution in [3.8, 4) is 0 Å². The third-order valence-electron chi connectivity index (χ3n) is 3.90. The van der Waals surface area contributed by atoms with Crippen molar-refractivity contribution in [1.29, 1.82) is 0 Å². The standard InChI is InChI=1S/C12H22O2/c1-8(2)14-7-9(13)10-11(3,4)12(10,5)6/h8,10H,7H2,1-6H3. The van der Waals surface area contributed by atoms with E-state index in [1.807, 2.05) is 13.8 Å². The Balaban J connectivity index is 2.50. The van der Waals surface area contributed by atoms with Crippen molar-refractivity contribution in [2.75, 3.05) is 6.61 Å². The molecule has 14 heavy (non-hydrogen) atoms. The Morgan fingerprint density at radius 3 is 1.93 bits per heavy atom. The summed E-state index contributed by atoms with van der Waals surface area (Å²) in [7, 11) is 0. The van der Waals surface area contributed by atoms with Gasteiger partial charge in [-0.25, -0.2) is 0 Å². The van der Waals surface area contributed by atoms with Gasteiger partial charge in [0.2, 0.25) is 0 Å². The largest absolute Gasteiger partial charge is 0.371 e.